The minimum Gasteiger partial charge on any atom is -0.381 e. The van der Waals surface area contributed by atoms with E-state index in [2.05, 4.69) is 5.32 Å². The van der Waals surface area contributed by atoms with Gasteiger partial charge in [0.25, 0.3) is 5.91 Å². The van der Waals surface area contributed by atoms with Crippen LogP contribution >= 0.6 is 22.9 Å². The van der Waals surface area contributed by atoms with Gasteiger partial charge in [0.2, 0.25) is 0 Å². The molecule has 2 heterocycles. The third-order valence-corrected chi connectivity index (χ3v) is 6.68. The molecule has 1 aromatic rings. The number of nitrogens with one attached hydrogen (secondary N) is 1. The molecule has 2 aliphatic rings. The van der Waals surface area contributed by atoms with Crippen LogP contribution in [-0.2, 0) is 9.47 Å². The highest BCUT2D eigenvalue weighted by molar-refractivity contribution is 7.13. The summed E-state index contributed by atoms with van der Waals surface area (Å²) in [7, 11) is 0. The average Bonchev–Trinajstić information content (AvgIpc) is 2.87. The number of hydrogen-bond donors (Lipinski definition) is 1. The van der Waals surface area contributed by atoms with Crippen LogP contribution in [0.2, 0.25) is 5.02 Å². The summed E-state index contributed by atoms with van der Waals surface area (Å²) >= 11 is 7.62. The van der Waals surface area contributed by atoms with E-state index < -0.39 is 0 Å². The fourth-order valence-electron chi connectivity index (χ4n) is 3.61. The predicted molar refractivity (Wildman–Crippen MR) is 87.8 cm³/mol. The lowest BCUT2D eigenvalue weighted by molar-refractivity contribution is -0.170. The predicted octanol–water partition coefficient (Wildman–Crippen LogP) is 3.41. The summed E-state index contributed by atoms with van der Waals surface area (Å²) in [6, 6.07) is 0.152. The zero-order valence-electron chi connectivity index (χ0n) is 13.0. The van der Waals surface area contributed by atoms with Crippen LogP contribution in [0.25, 0.3) is 0 Å². The number of halogens is 1. The molecule has 6 heteroatoms. The Kier molecular flexibility index (Phi) is 4.78. The third kappa shape index (κ3) is 2.68. The minimum atomic E-state index is -0.0612. The van der Waals surface area contributed by atoms with Gasteiger partial charge in [0, 0.05) is 31.3 Å². The molecule has 1 aromatic heterocycles. The summed E-state index contributed by atoms with van der Waals surface area (Å²) < 4.78 is 11.4. The molecular formula is C16H22ClNO3S. The molecule has 0 aromatic carbocycles. The second-order valence-electron chi connectivity index (χ2n) is 6.11. The van der Waals surface area contributed by atoms with Crippen molar-refractivity contribution in [2.45, 2.75) is 45.3 Å². The van der Waals surface area contributed by atoms with Crippen molar-refractivity contribution in [3.05, 3.63) is 20.8 Å². The van der Waals surface area contributed by atoms with Gasteiger partial charge >= 0.3 is 0 Å². The van der Waals surface area contributed by atoms with Crippen LogP contribution in [0.3, 0.4) is 0 Å². The van der Waals surface area contributed by atoms with Crippen LogP contribution in [0.15, 0.2) is 5.38 Å². The minimum absolute atomic E-state index is 0.0305. The zero-order valence-corrected chi connectivity index (χ0v) is 14.6. The van der Waals surface area contributed by atoms with E-state index in [9.17, 15) is 4.79 Å². The summed E-state index contributed by atoms with van der Waals surface area (Å²) in [5, 5.41) is 5.68. The normalized spacial score (nSPS) is 26.7. The van der Waals surface area contributed by atoms with Gasteiger partial charge in [0.15, 0.2) is 0 Å². The summed E-state index contributed by atoms with van der Waals surface area (Å²) in [6.45, 7) is 6.14. The Bertz CT molecular complexity index is 554. The van der Waals surface area contributed by atoms with E-state index in [-0.39, 0.29) is 23.5 Å². The molecule has 0 radical (unpaired) electrons. The molecule has 1 aliphatic carbocycles. The molecule has 1 saturated carbocycles. The molecule has 1 aliphatic heterocycles. The number of aryl methyl sites for hydroxylation is 1. The molecule has 0 bridgehead atoms. The maximum Gasteiger partial charge on any atom is 0.263 e. The van der Waals surface area contributed by atoms with E-state index in [0.717, 1.165) is 38.0 Å². The van der Waals surface area contributed by atoms with Gasteiger partial charge in [-0.1, -0.05) is 11.6 Å². The fourth-order valence-corrected chi connectivity index (χ4v) is 4.80. The van der Waals surface area contributed by atoms with Crippen molar-refractivity contribution < 1.29 is 14.3 Å². The van der Waals surface area contributed by atoms with E-state index >= 15 is 0 Å². The first kappa shape index (κ1) is 16.2. The summed E-state index contributed by atoms with van der Waals surface area (Å²) in [5.74, 6) is -0.0612. The molecule has 4 nitrogen and oxygen atoms in total. The second kappa shape index (κ2) is 6.48. The van der Waals surface area contributed by atoms with E-state index in [1.54, 1.807) is 0 Å². The van der Waals surface area contributed by atoms with Crippen molar-refractivity contribution in [1.82, 2.24) is 5.32 Å². The quantitative estimate of drug-likeness (QED) is 0.911. The van der Waals surface area contributed by atoms with Gasteiger partial charge in [-0.15, -0.1) is 11.3 Å². The topological polar surface area (TPSA) is 47.6 Å². The van der Waals surface area contributed by atoms with Crippen LogP contribution in [0.5, 0.6) is 0 Å². The number of hydrogen-bond acceptors (Lipinski definition) is 4. The van der Waals surface area contributed by atoms with Crippen LogP contribution in [-0.4, -0.2) is 37.9 Å². The van der Waals surface area contributed by atoms with E-state index in [1.807, 2.05) is 19.2 Å². The molecular weight excluding hydrogens is 322 g/mol. The van der Waals surface area contributed by atoms with Crippen molar-refractivity contribution in [3.8, 4) is 0 Å². The molecule has 1 saturated heterocycles. The molecule has 22 heavy (non-hydrogen) atoms. The molecule has 122 valence electrons. The Morgan fingerprint density at radius 3 is 2.86 bits per heavy atom. The van der Waals surface area contributed by atoms with E-state index in [1.165, 1.54) is 11.3 Å². The first-order chi connectivity index (χ1) is 10.6. The lowest BCUT2D eigenvalue weighted by Crippen LogP contribution is -2.66. The molecule has 3 rings (SSSR count). The Balaban J connectivity index is 1.72. The number of thiophene rings is 1. The van der Waals surface area contributed by atoms with Crippen molar-refractivity contribution in [3.63, 3.8) is 0 Å². The molecule has 0 unspecified atom stereocenters. The highest BCUT2D eigenvalue weighted by Crippen LogP contribution is 2.50. The SMILES string of the molecule is CCO[C@H]1C[C@H](NC(=O)c2scc(C)c2Cl)C12CCOCC2. The molecule has 1 amide bonds. The number of amides is 1. The number of rotatable bonds is 4. The van der Waals surface area contributed by atoms with Crippen molar-refractivity contribution in [2.75, 3.05) is 19.8 Å². The molecule has 1 N–H and O–H groups in total. The number of carbonyl (C=O) groups is 1. The van der Waals surface area contributed by atoms with Gasteiger partial charge in [-0.2, -0.15) is 0 Å². The monoisotopic (exact) mass is 343 g/mol. The number of ether oxygens (including phenoxy) is 2. The maximum absolute atomic E-state index is 12.5. The van der Waals surface area contributed by atoms with Crippen LogP contribution < -0.4 is 5.32 Å². The maximum atomic E-state index is 12.5. The Morgan fingerprint density at radius 1 is 1.55 bits per heavy atom. The zero-order chi connectivity index (χ0) is 15.7. The Labute approximate surface area is 140 Å². The summed E-state index contributed by atoms with van der Waals surface area (Å²) in [4.78, 5) is 13.1. The van der Waals surface area contributed by atoms with E-state index in [4.69, 9.17) is 21.1 Å². The van der Waals surface area contributed by atoms with Gasteiger partial charge in [0.05, 0.1) is 11.1 Å². The van der Waals surface area contributed by atoms with Crippen LogP contribution in [0.4, 0.5) is 0 Å². The van der Waals surface area contributed by atoms with Gasteiger partial charge in [-0.3, -0.25) is 4.79 Å². The summed E-state index contributed by atoms with van der Waals surface area (Å²) in [6.07, 6.45) is 2.99. The van der Waals surface area contributed by atoms with Crippen molar-refractivity contribution in [1.29, 1.82) is 0 Å². The largest absolute Gasteiger partial charge is 0.381 e. The average molecular weight is 344 g/mol. The Morgan fingerprint density at radius 2 is 2.27 bits per heavy atom. The molecule has 1 spiro atoms. The van der Waals surface area contributed by atoms with Gasteiger partial charge < -0.3 is 14.8 Å². The van der Waals surface area contributed by atoms with Gasteiger partial charge in [-0.25, -0.2) is 0 Å². The number of carbonyl (C=O) groups excluding carboxylic acids is 1. The smallest absolute Gasteiger partial charge is 0.263 e. The second-order valence-corrected chi connectivity index (χ2v) is 7.37. The molecule has 2 atom stereocenters. The lowest BCUT2D eigenvalue weighted by atomic mass is 9.57. The standard InChI is InChI=1S/C16H22ClNO3S/c1-3-21-12-8-11(16(12)4-6-20-7-5-16)18-15(19)14-13(17)10(2)9-22-14/h9,11-12H,3-8H2,1-2H3,(H,18,19)/t11-,12-/m0/s1. The van der Waals surface area contributed by atoms with Crippen molar-refractivity contribution >= 4 is 28.8 Å². The van der Waals surface area contributed by atoms with E-state index in [0.29, 0.717) is 16.5 Å². The molecule has 2 fully saturated rings. The third-order valence-electron chi connectivity index (χ3n) is 4.99. The highest BCUT2D eigenvalue weighted by atomic mass is 35.5. The first-order valence-corrected chi connectivity index (χ1v) is 9.08. The highest BCUT2D eigenvalue weighted by Gasteiger charge is 2.56. The van der Waals surface area contributed by atoms with Crippen LogP contribution in [0.1, 0.15) is 41.4 Å². The summed E-state index contributed by atoms with van der Waals surface area (Å²) in [5.41, 5.74) is 0.987. The first-order valence-electron chi connectivity index (χ1n) is 7.82. The van der Waals surface area contributed by atoms with Crippen molar-refractivity contribution in [2.24, 2.45) is 5.41 Å². The lowest BCUT2D eigenvalue weighted by Gasteiger charge is -2.57. The fraction of sp³-hybridized carbons (Fsp3) is 0.688. The van der Waals surface area contributed by atoms with Crippen LogP contribution in [0, 0.1) is 12.3 Å². The Hall–Kier alpha value is -0.620. The van der Waals surface area contributed by atoms with Gasteiger partial charge in [0.1, 0.15) is 4.88 Å². The van der Waals surface area contributed by atoms with Gasteiger partial charge in [-0.05, 0) is 44.1 Å².